The highest BCUT2D eigenvalue weighted by molar-refractivity contribution is 5.21. The Hall–Kier alpha value is -3.32. The van der Waals surface area contributed by atoms with Gasteiger partial charge >= 0.3 is 0 Å². The van der Waals surface area contributed by atoms with Gasteiger partial charge in [-0.25, -0.2) is 0 Å². The second-order valence-corrected chi connectivity index (χ2v) is 11.1. The zero-order valence-electron chi connectivity index (χ0n) is 23.6. The van der Waals surface area contributed by atoms with Gasteiger partial charge in [-0.2, -0.15) is 0 Å². The lowest BCUT2D eigenvalue weighted by Gasteiger charge is -2.41. The molecular weight excluding hydrogens is 510 g/mol. The fourth-order valence-corrected chi connectivity index (χ4v) is 6.17. The van der Waals surface area contributed by atoms with E-state index in [0.29, 0.717) is 39.1 Å². The van der Waals surface area contributed by atoms with Gasteiger partial charge in [0.1, 0.15) is 12.2 Å². The molecule has 1 saturated heterocycles. The molecular formula is C36H39NO4. The molecule has 212 valence electrons. The van der Waals surface area contributed by atoms with Crippen LogP contribution in [0.3, 0.4) is 0 Å². The van der Waals surface area contributed by atoms with Crippen molar-refractivity contribution in [3.8, 4) is 0 Å². The third kappa shape index (κ3) is 6.95. The molecule has 0 N–H and O–H groups in total. The maximum absolute atomic E-state index is 6.80. The normalized spacial score (nSPS) is 26.8. The van der Waals surface area contributed by atoms with Crippen molar-refractivity contribution in [3.05, 3.63) is 144 Å². The van der Waals surface area contributed by atoms with E-state index in [4.69, 9.17) is 18.9 Å². The highest BCUT2D eigenvalue weighted by Crippen LogP contribution is 2.47. The van der Waals surface area contributed by atoms with Crippen LogP contribution in [0.1, 0.15) is 22.3 Å². The van der Waals surface area contributed by atoms with Crippen LogP contribution in [0.25, 0.3) is 0 Å². The van der Waals surface area contributed by atoms with Gasteiger partial charge in [0.05, 0.1) is 45.2 Å². The number of likely N-dealkylation sites (N-methyl/N-ethyl adjacent to an activating group) is 1. The summed E-state index contributed by atoms with van der Waals surface area (Å²) < 4.78 is 26.7. The summed E-state index contributed by atoms with van der Waals surface area (Å²) in [6.45, 7) is 2.72. The van der Waals surface area contributed by atoms with Gasteiger partial charge in [0, 0.05) is 12.0 Å². The van der Waals surface area contributed by atoms with E-state index >= 15 is 0 Å². The van der Waals surface area contributed by atoms with Crippen LogP contribution < -0.4 is 0 Å². The Morgan fingerprint density at radius 3 is 1.32 bits per heavy atom. The molecule has 0 spiro atoms. The minimum absolute atomic E-state index is 0.125. The van der Waals surface area contributed by atoms with E-state index in [1.807, 2.05) is 24.3 Å². The predicted molar refractivity (Wildman–Crippen MR) is 160 cm³/mol. The van der Waals surface area contributed by atoms with Crippen molar-refractivity contribution in [2.75, 3.05) is 13.7 Å². The molecule has 0 bridgehead atoms. The second-order valence-electron chi connectivity index (χ2n) is 11.1. The first kappa shape index (κ1) is 27.8. The standard InChI is InChI=1S/C36H39NO4/c1-37-32-31(26-38-22-27-14-6-2-7-15-27)34(39-23-28-16-8-3-9-17-28)36(41-25-30-20-12-5-13-21-30)35(33(32)37)40-24-29-18-10-4-11-19-29/h2-21,31-36H,22-26H2,1H3/t31-,32+,33+,34+,35-,36-,37?/m0/s1. The van der Waals surface area contributed by atoms with Gasteiger partial charge < -0.3 is 18.9 Å². The summed E-state index contributed by atoms with van der Waals surface area (Å²) in [4.78, 5) is 2.41. The zero-order valence-corrected chi connectivity index (χ0v) is 23.6. The Morgan fingerprint density at radius 2 is 0.854 bits per heavy atom. The molecule has 7 atom stereocenters. The third-order valence-corrected chi connectivity index (χ3v) is 8.32. The largest absolute Gasteiger partial charge is 0.376 e. The summed E-state index contributed by atoms with van der Waals surface area (Å²) in [5, 5.41) is 0. The minimum Gasteiger partial charge on any atom is -0.376 e. The number of ether oxygens (including phenoxy) is 4. The van der Waals surface area contributed by atoms with E-state index in [1.165, 1.54) is 5.56 Å². The first-order valence-electron chi connectivity index (χ1n) is 14.6. The fourth-order valence-electron chi connectivity index (χ4n) is 6.17. The fraction of sp³-hybridized carbons (Fsp3) is 0.333. The maximum Gasteiger partial charge on any atom is 0.112 e. The Kier molecular flexibility index (Phi) is 9.21. The van der Waals surface area contributed by atoms with Crippen molar-refractivity contribution in [3.63, 3.8) is 0 Å². The average Bonchev–Trinajstić information content (AvgIpc) is 3.70. The van der Waals surface area contributed by atoms with E-state index in [2.05, 4.69) is 109 Å². The summed E-state index contributed by atoms with van der Waals surface area (Å²) in [6.07, 6.45) is -0.569. The molecule has 1 heterocycles. The average molecular weight is 550 g/mol. The van der Waals surface area contributed by atoms with E-state index in [-0.39, 0.29) is 30.3 Å². The van der Waals surface area contributed by atoms with Crippen molar-refractivity contribution in [1.29, 1.82) is 0 Å². The summed E-state index contributed by atoms with van der Waals surface area (Å²) in [5.41, 5.74) is 4.61. The SMILES string of the molecule is CN1[C@@H]2[C@H](COCc3ccccc3)[C@@H](OCc3ccccc3)[C@H](OCc3ccccc3)[C@@H](OCc3ccccc3)[C@@H]21. The third-order valence-electron chi connectivity index (χ3n) is 8.32. The highest BCUT2D eigenvalue weighted by Gasteiger charge is 2.64. The molecule has 1 aliphatic heterocycles. The molecule has 0 radical (unpaired) electrons. The van der Waals surface area contributed by atoms with Crippen molar-refractivity contribution < 1.29 is 18.9 Å². The number of nitrogens with zero attached hydrogens (tertiary/aromatic N) is 1. The van der Waals surface area contributed by atoms with Crippen molar-refractivity contribution >= 4 is 0 Å². The van der Waals surface area contributed by atoms with Crippen LogP contribution in [0.15, 0.2) is 121 Å². The van der Waals surface area contributed by atoms with Gasteiger partial charge in [-0.05, 0) is 29.3 Å². The van der Waals surface area contributed by atoms with Gasteiger partial charge in [-0.1, -0.05) is 121 Å². The Morgan fingerprint density at radius 1 is 0.463 bits per heavy atom. The van der Waals surface area contributed by atoms with Crippen LogP contribution in [0.2, 0.25) is 0 Å². The smallest absolute Gasteiger partial charge is 0.112 e. The van der Waals surface area contributed by atoms with Crippen LogP contribution in [0.4, 0.5) is 0 Å². The topological polar surface area (TPSA) is 39.9 Å². The molecule has 5 nitrogen and oxygen atoms in total. The van der Waals surface area contributed by atoms with E-state index < -0.39 is 0 Å². The number of benzene rings is 4. The van der Waals surface area contributed by atoms with Gasteiger partial charge in [-0.3, -0.25) is 4.90 Å². The van der Waals surface area contributed by atoms with Gasteiger partial charge in [-0.15, -0.1) is 0 Å². The summed E-state index contributed by atoms with van der Waals surface area (Å²) in [5.74, 6) is 0.148. The minimum atomic E-state index is -0.251. The van der Waals surface area contributed by atoms with Crippen molar-refractivity contribution in [2.45, 2.75) is 56.8 Å². The molecule has 1 aliphatic carbocycles. The molecule has 2 fully saturated rings. The summed E-state index contributed by atoms with van der Waals surface area (Å²) >= 11 is 0. The van der Waals surface area contributed by atoms with Gasteiger partial charge in [0.25, 0.3) is 0 Å². The number of likely N-dealkylation sites (tertiary alicyclic amines) is 1. The van der Waals surface area contributed by atoms with Crippen LogP contribution in [0, 0.1) is 5.92 Å². The van der Waals surface area contributed by atoms with Gasteiger partial charge in [0.2, 0.25) is 0 Å². The number of hydrogen-bond donors (Lipinski definition) is 0. The molecule has 1 saturated carbocycles. The molecule has 2 aliphatic rings. The maximum atomic E-state index is 6.80. The lowest BCUT2D eigenvalue weighted by molar-refractivity contribution is -0.185. The van der Waals surface area contributed by atoms with E-state index in [1.54, 1.807) is 0 Å². The van der Waals surface area contributed by atoms with Crippen LogP contribution in [-0.2, 0) is 45.4 Å². The van der Waals surface area contributed by atoms with E-state index in [9.17, 15) is 0 Å². The quantitative estimate of drug-likeness (QED) is 0.184. The molecule has 4 aromatic rings. The number of hydrogen-bond acceptors (Lipinski definition) is 5. The molecule has 41 heavy (non-hydrogen) atoms. The Bertz CT molecular complexity index is 1320. The Labute approximate surface area is 243 Å². The van der Waals surface area contributed by atoms with Crippen molar-refractivity contribution in [2.24, 2.45) is 5.92 Å². The highest BCUT2D eigenvalue weighted by atomic mass is 16.6. The summed E-state index contributed by atoms with van der Waals surface area (Å²) in [6, 6.07) is 42.0. The molecule has 5 heteroatoms. The van der Waals surface area contributed by atoms with Crippen LogP contribution >= 0.6 is 0 Å². The number of fused-ring (bicyclic) bond motifs is 1. The van der Waals surface area contributed by atoms with Crippen LogP contribution in [-0.4, -0.2) is 49.0 Å². The van der Waals surface area contributed by atoms with Crippen LogP contribution in [0.5, 0.6) is 0 Å². The Balaban J connectivity index is 1.25. The first-order chi connectivity index (χ1) is 20.3. The molecule has 6 rings (SSSR count). The molecule has 0 aromatic heterocycles. The van der Waals surface area contributed by atoms with E-state index in [0.717, 1.165) is 16.7 Å². The molecule has 0 amide bonds. The molecule has 1 unspecified atom stereocenters. The lowest BCUT2D eigenvalue weighted by atomic mass is 9.82. The zero-order chi connectivity index (χ0) is 27.9. The number of rotatable bonds is 13. The second kappa shape index (κ2) is 13.6. The van der Waals surface area contributed by atoms with Gasteiger partial charge in [0.15, 0.2) is 0 Å². The first-order valence-corrected chi connectivity index (χ1v) is 14.6. The summed E-state index contributed by atoms with van der Waals surface area (Å²) in [7, 11) is 2.19. The van der Waals surface area contributed by atoms with Crippen molar-refractivity contribution in [1.82, 2.24) is 4.90 Å². The lowest BCUT2D eigenvalue weighted by Crippen LogP contribution is -2.55. The predicted octanol–water partition coefficient (Wildman–Crippen LogP) is 6.27. The monoisotopic (exact) mass is 549 g/mol. The molecule has 4 aromatic carbocycles.